The molecule has 32 heavy (non-hydrogen) atoms. The number of hydrogen-bond donors (Lipinski definition) is 3. The summed E-state index contributed by atoms with van der Waals surface area (Å²) in [6.45, 7) is 0.300. The summed E-state index contributed by atoms with van der Waals surface area (Å²) >= 11 is 1.20. The van der Waals surface area contributed by atoms with E-state index in [4.69, 9.17) is 9.47 Å². The van der Waals surface area contributed by atoms with E-state index in [2.05, 4.69) is 15.0 Å². The number of hydrogen-bond acceptors (Lipinski definition) is 8. The van der Waals surface area contributed by atoms with Gasteiger partial charge in [-0.25, -0.2) is 13.4 Å². The molecule has 0 saturated carbocycles. The van der Waals surface area contributed by atoms with Gasteiger partial charge in [-0.15, -0.1) is 0 Å². The number of sulfonamides is 1. The van der Waals surface area contributed by atoms with Gasteiger partial charge in [-0.2, -0.15) is 0 Å². The van der Waals surface area contributed by atoms with E-state index < -0.39 is 10.0 Å². The highest BCUT2D eigenvalue weighted by atomic mass is 32.2. The van der Waals surface area contributed by atoms with Gasteiger partial charge in [0.15, 0.2) is 16.6 Å². The molecule has 4 rings (SSSR count). The molecular weight excluding hydrogens is 450 g/mol. The number of rotatable bonds is 8. The molecule has 0 aliphatic rings. The minimum Gasteiger partial charge on any atom is -0.504 e. The van der Waals surface area contributed by atoms with E-state index in [1.54, 1.807) is 55.6 Å². The van der Waals surface area contributed by atoms with Gasteiger partial charge >= 0.3 is 0 Å². The van der Waals surface area contributed by atoms with Crippen LogP contribution in [0.15, 0.2) is 65.6 Å². The van der Waals surface area contributed by atoms with Crippen LogP contribution in [0.2, 0.25) is 0 Å². The van der Waals surface area contributed by atoms with Crippen LogP contribution in [0.3, 0.4) is 0 Å². The molecule has 0 unspecified atom stereocenters. The molecule has 4 aromatic rings. The van der Waals surface area contributed by atoms with Crippen molar-refractivity contribution in [3.63, 3.8) is 0 Å². The van der Waals surface area contributed by atoms with Gasteiger partial charge in [-0.1, -0.05) is 41.7 Å². The molecule has 3 N–H and O–H groups in total. The Labute approximate surface area is 189 Å². The molecule has 1 heterocycles. The number of anilines is 2. The zero-order valence-corrected chi connectivity index (χ0v) is 19.0. The van der Waals surface area contributed by atoms with E-state index in [0.29, 0.717) is 34.8 Å². The first kappa shape index (κ1) is 21.7. The number of thiazole rings is 1. The van der Waals surface area contributed by atoms with Crippen molar-refractivity contribution in [1.82, 2.24) is 4.98 Å². The van der Waals surface area contributed by atoms with E-state index in [0.717, 1.165) is 4.70 Å². The summed E-state index contributed by atoms with van der Waals surface area (Å²) in [5, 5.41) is 13.8. The maximum absolute atomic E-state index is 12.7. The van der Waals surface area contributed by atoms with Crippen molar-refractivity contribution in [2.45, 2.75) is 11.4 Å². The molecule has 0 spiro atoms. The van der Waals surface area contributed by atoms with Crippen LogP contribution >= 0.6 is 11.3 Å². The lowest BCUT2D eigenvalue weighted by atomic mass is 10.1. The zero-order valence-electron chi connectivity index (χ0n) is 17.3. The Hall–Kier alpha value is -3.50. The van der Waals surface area contributed by atoms with Gasteiger partial charge in [0.05, 0.1) is 29.5 Å². The quantitative estimate of drug-likeness (QED) is 0.349. The van der Waals surface area contributed by atoms with Gasteiger partial charge in [0, 0.05) is 18.2 Å². The first-order valence-corrected chi connectivity index (χ1v) is 11.9. The summed E-state index contributed by atoms with van der Waals surface area (Å²) in [7, 11) is -0.713. The molecule has 0 atom stereocenters. The fourth-order valence-electron chi connectivity index (χ4n) is 3.14. The minimum absolute atomic E-state index is 0.0521. The van der Waals surface area contributed by atoms with Crippen molar-refractivity contribution >= 4 is 42.4 Å². The lowest BCUT2D eigenvalue weighted by Crippen LogP contribution is -2.12. The Morgan fingerprint density at radius 3 is 2.53 bits per heavy atom. The zero-order chi connectivity index (χ0) is 22.7. The number of phenolic OH excluding ortho intramolecular Hbond substituents is 1. The van der Waals surface area contributed by atoms with E-state index in [1.165, 1.54) is 30.6 Å². The number of aromatic nitrogens is 1. The van der Waals surface area contributed by atoms with E-state index in [9.17, 15) is 13.5 Å². The smallest absolute Gasteiger partial charge is 0.263 e. The molecule has 0 aliphatic carbocycles. The minimum atomic E-state index is -3.76. The molecule has 0 amide bonds. The third-order valence-electron chi connectivity index (χ3n) is 4.75. The van der Waals surface area contributed by atoms with Gasteiger partial charge < -0.3 is 19.9 Å². The molecule has 8 nitrogen and oxygen atoms in total. The Kier molecular flexibility index (Phi) is 6.06. The molecule has 0 aliphatic heterocycles. The van der Waals surface area contributed by atoms with Crippen LogP contribution in [0.4, 0.5) is 10.8 Å². The largest absolute Gasteiger partial charge is 0.504 e. The molecule has 0 fully saturated rings. The number of ether oxygens (including phenoxy) is 2. The number of aromatic hydroxyl groups is 1. The van der Waals surface area contributed by atoms with Gasteiger partial charge in [0.2, 0.25) is 0 Å². The molecular formula is C22H21N3O5S2. The number of fused-ring (bicyclic) bond motifs is 1. The third-order valence-corrected chi connectivity index (χ3v) is 7.15. The van der Waals surface area contributed by atoms with Crippen molar-refractivity contribution in [3.05, 3.63) is 66.2 Å². The van der Waals surface area contributed by atoms with Gasteiger partial charge in [0.25, 0.3) is 10.0 Å². The fourth-order valence-corrected chi connectivity index (χ4v) is 5.32. The second-order valence-corrected chi connectivity index (χ2v) is 9.49. The lowest BCUT2D eigenvalue weighted by molar-refractivity contribution is 0.371. The Morgan fingerprint density at radius 1 is 1.03 bits per heavy atom. The molecule has 3 aromatic carbocycles. The molecule has 10 heteroatoms. The second-order valence-electron chi connectivity index (χ2n) is 6.78. The van der Waals surface area contributed by atoms with Crippen LogP contribution in [-0.2, 0) is 16.6 Å². The Bertz CT molecular complexity index is 1360. The Morgan fingerprint density at radius 2 is 1.81 bits per heavy atom. The van der Waals surface area contributed by atoms with E-state index in [-0.39, 0.29) is 15.8 Å². The highest BCUT2D eigenvalue weighted by molar-refractivity contribution is 7.93. The third kappa shape index (κ3) is 4.41. The van der Waals surface area contributed by atoms with Gasteiger partial charge in [-0.3, -0.25) is 4.72 Å². The van der Waals surface area contributed by atoms with Crippen LogP contribution in [0.25, 0.3) is 10.2 Å². The number of phenols is 1. The summed E-state index contributed by atoms with van der Waals surface area (Å²) in [6, 6.07) is 16.9. The first-order valence-electron chi connectivity index (χ1n) is 9.56. The summed E-state index contributed by atoms with van der Waals surface area (Å²) in [5.74, 6) is 1.03. The van der Waals surface area contributed by atoms with Crippen molar-refractivity contribution in [1.29, 1.82) is 0 Å². The maximum atomic E-state index is 12.7. The number of methoxy groups -OCH3 is 2. The normalized spacial score (nSPS) is 11.3. The lowest BCUT2D eigenvalue weighted by Gasteiger charge is -2.12. The summed E-state index contributed by atoms with van der Waals surface area (Å²) in [5.41, 5.74) is 1.87. The average molecular weight is 472 g/mol. The van der Waals surface area contributed by atoms with Crippen LogP contribution in [0.5, 0.6) is 17.2 Å². The van der Waals surface area contributed by atoms with Gasteiger partial charge in [-0.05, 0) is 24.3 Å². The number of nitrogens with zero attached hydrogens (tertiary/aromatic N) is 1. The highest BCUT2D eigenvalue weighted by Gasteiger charge is 2.18. The predicted octanol–water partition coefficient (Wildman–Crippen LogP) is 4.43. The first-order chi connectivity index (χ1) is 15.4. The molecule has 0 bridgehead atoms. The van der Waals surface area contributed by atoms with Crippen LogP contribution < -0.4 is 19.5 Å². The number of benzene rings is 3. The maximum Gasteiger partial charge on any atom is 0.263 e. The summed E-state index contributed by atoms with van der Waals surface area (Å²) in [6.07, 6.45) is 0. The van der Waals surface area contributed by atoms with Crippen molar-refractivity contribution < 1.29 is 23.0 Å². The molecule has 166 valence electrons. The van der Waals surface area contributed by atoms with Crippen molar-refractivity contribution in [2.24, 2.45) is 0 Å². The summed E-state index contributed by atoms with van der Waals surface area (Å²) < 4.78 is 39.2. The predicted molar refractivity (Wildman–Crippen MR) is 125 cm³/mol. The van der Waals surface area contributed by atoms with Crippen LogP contribution in [-0.4, -0.2) is 32.7 Å². The Balaban J connectivity index is 1.65. The fraction of sp³-hybridized carbons (Fsp3) is 0.136. The SMILES string of the molecule is COc1cc(NCc2cccc(OC)c2O)c2nc(NS(=O)(=O)c3ccccc3)sc2c1. The molecule has 0 saturated heterocycles. The molecule has 0 radical (unpaired) electrons. The average Bonchev–Trinajstić information content (AvgIpc) is 3.20. The second kappa shape index (κ2) is 8.93. The standard InChI is InChI=1S/C22H21N3O5S2/c1-29-15-11-17(23-13-14-7-6-10-18(30-2)21(14)26)20-19(12-15)31-22(24-20)25-32(27,28)16-8-4-3-5-9-16/h3-12,23,26H,13H2,1-2H3,(H,24,25). The van der Waals surface area contributed by atoms with E-state index in [1.807, 2.05) is 0 Å². The molecule has 1 aromatic heterocycles. The summed E-state index contributed by atoms with van der Waals surface area (Å²) in [4.78, 5) is 4.65. The monoisotopic (exact) mass is 471 g/mol. The van der Waals surface area contributed by atoms with Crippen molar-refractivity contribution in [3.8, 4) is 17.2 Å². The van der Waals surface area contributed by atoms with Crippen LogP contribution in [0, 0.1) is 0 Å². The van der Waals surface area contributed by atoms with E-state index >= 15 is 0 Å². The van der Waals surface area contributed by atoms with Gasteiger partial charge in [0.1, 0.15) is 11.3 Å². The highest BCUT2D eigenvalue weighted by Crippen LogP contribution is 2.37. The number of nitrogens with one attached hydrogen (secondary N) is 2. The van der Waals surface area contributed by atoms with Crippen molar-refractivity contribution in [2.75, 3.05) is 24.3 Å². The number of para-hydroxylation sites is 1. The van der Waals surface area contributed by atoms with Crippen LogP contribution in [0.1, 0.15) is 5.56 Å². The topological polar surface area (TPSA) is 110 Å².